The minimum atomic E-state index is -0.862. The third-order valence-electron chi connectivity index (χ3n) is 4.48. The number of carbonyl (C=O) groups excluding carboxylic acids is 2. The van der Waals surface area contributed by atoms with Crippen LogP contribution in [0, 0.1) is 11.6 Å². The van der Waals surface area contributed by atoms with Crippen molar-refractivity contribution in [1.82, 2.24) is 9.80 Å². The number of carbonyl (C=O) groups is 2. The Bertz CT molecular complexity index is 880. The second-order valence-corrected chi connectivity index (χ2v) is 6.96. The quantitative estimate of drug-likeness (QED) is 0.814. The summed E-state index contributed by atoms with van der Waals surface area (Å²) in [6.45, 7) is 1.28. The van der Waals surface area contributed by atoms with Crippen LogP contribution in [0.2, 0.25) is 5.02 Å². The molecule has 0 aromatic heterocycles. The van der Waals surface area contributed by atoms with Crippen molar-refractivity contribution in [1.29, 1.82) is 0 Å². The Balaban J connectivity index is 1.50. The molecule has 2 aromatic carbocycles. The molecule has 2 aromatic rings. The van der Waals surface area contributed by atoms with Gasteiger partial charge in [-0.05, 0) is 42.8 Å². The van der Waals surface area contributed by atoms with Crippen molar-refractivity contribution in [3.05, 3.63) is 59.1 Å². The van der Waals surface area contributed by atoms with E-state index < -0.39 is 11.6 Å². The molecule has 9 heteroatoms. The zero-order chi connectivity index (χ0) is 20.8. The topological polar surface area (TPSA) is 61.9 Å². The van der Waals surface area contributed by atoms with Gasteiger partial charge < -0.3 is 19.9 Å². The lowest BCUT2D eigenvalue weighted by Crippen LogP contribution is -2.40. The molecular weight excluding hydrogens is 404 g/mol. The molecule has 0 spiro atoms. The first-order valence-corrected chi connectivity index (χ1v) is 9.47. The number of hydrogen-bond donors (Lipinski definition) is 1. The highest BCUT2D eigenvalue weighted by atomic mass is 35.5. The van der Waals surface area contributed by atoms with Gasteiger partial charge in [-0.25, -0.2) is 13.6 Å². The van der Waals surface area contributed by atoms with E-state index >= 15 is 0 Å². The Morgan fingerprint density at radius 2 is 1.69 bits per heavy atom. The number of nitrogens with one attached hydrogen (secondary N) is 1. The molecule has 6 nitrogen and oxygen atoms in total. The average Bonchev–Trinajstić information content (AvgIpc) is 2.95. The monoisotopic (exact) mass is 423 g/mol. The number of hydrogen-bond acceptors (Lipinski definition) is 3. The van der Waals surface area contributed by atoms with Crippen LogP contribution < -0.4 is 10.1 Å². The van der Waals surface area contributed by atoms with Gasteiger partial charge in [0.15, 0.2) is 18.2 Å². The fraction of sp³-hybridized carbons (Fsp3) is 0.300. The molecular formula is C20H20ClF2N3O3. The van der Waals surface area contributed by atoms with Gasteiger partial charge in [0, 0.05) is 43.0 Å². The number of nitrogens with zero attached hydrogens (tertiary/aromatic N) is 2. The second-order valence-electron chi connectivity index (χ2n) is 6.52. The Labute approximate surface area is 172 Å². The molecule has 1 aliphatic heterocycles. The van der Waals surface area contributed by atoms with E-state index in [1.54, 1.807) is 34.1 Å². The molecule has 0 atom stereocenters. The maximum Gasteiger partial charge on any atom is 0.321 e. The molecule has 0 radical (unpaired) electrons. The van der Waals surface area contributed by atoms with Crippen molar-refractivity contribution in [2.45, 2.75) is 6.42 Å². The number of amides is 3. The first kappa shape index (κ1) is 20.9. The van der Waals surface area contributed by atoms with Crippen LogP contribution in [0.25, 0.3) is 0 Å². The molecule has 29 heavy (non-hydrogen) atoms. The number of benzene rings is 2. The summed E-state index contributed by atoms with van der Waals surface area (Å²) in [5.74, 6) is -2.09. The molecule has 0 aliphatic carbocycles. The lowest BCUT2D eigenvalue weighted by molar-refractivity contribution is -0.133. The largest absolute Gasteiger partial charge is 0.481 e. The highest BCUT2D eigenvalue weighted by Crippen LogP contribution is 2.18. The van der Waals surface area contributed by atoms with Gasteiger partial charge in [-0.1, -0.05) is 11.6 Å². The van der Waals surface area contributed by atoms with Crippen molar-refractivity contribution in [3.8, 4) is 5.75 Å². The summed E-state index contributed by atoms with van der Waals surface area (Å²) in [6.07, 6.45) is 0.602. The van der Waals surface area contributed by atoms with Crippen LogP contribution in [-0.2, 0) is 4.79 Å². The van der Waals surface area contributed by atoms with E-state index in [-0.39, 0.29) is 24.3 Å². The average molecular weight is 424 g/mol. The van der Waals surface area contributed by atoms with Gasteiger partial charge in [-0.15, -0.1) is 0 Å². The fourth-order valence-electron chi connectivity index (χ4n) is 2.93. The predicted molar refractivity (Wildman–Crippen MR) is 105 cm³/mol. The normalized spacial score (nSPS) is 14.3. The number of halogens is 3. The molecule has 0 unspecified atom stereocenters. The highest BCUT2D eigenvalue weighted by Gasteiger charge is 2.22. The van der Waals surface area contributed by atoms with Crippen LogP contribution in [0.1, 0.15) is 6.42 Å². The van der Waals surface area contributed by atoms with Crippen LogP contribution in [-0.4, -0.2) is 54.5 Å². The van der Waals surface area contributed by atoms with Gasteiger partial charge in [0.25, 0.3) is 5.91 Å². The molecule has 3 rings (SSSR count). The van der Waals surface area contributed by atoms with E-state index in [0.29, 0.717) is 49.4 Å². The first-order valence-electron chi connectivity index (χ1n) is 9.09. The zero-order valence-electron chi connectivity index (χ0n) is 15.5. The molecule has 0 bridgehead atoms. The molecule has 1 saturated heterocycles. The summed E-state index contributed by atoms with van der Waals surface area (Å²) >= 11 is 5.84. The van der Waals surface area contributed by atoms with Gasteiger partial charge >= 0.3 is 6.03 Å². The van der Waals surface area contributed by atoms with E-state index in [9.17, 15) is 18.4 Å². The minimum Gasteiger partial charge on any atom is -0.481 e. The van der Waals surface area contributed by atoms with Crippen LogP contribution in [0.4, 0.5) is 19.3 Å². The third-order valence-corrected chi connectivity index (χ3v) is 4.73. The van der Waals surface area contributed by atoms with Gasteiger partial charge in [0.05, 0.1) is 0 Å². The highest BCUT2D eigenvalue weighted by molar-refractivity contribution is 6.30. The van der Waals surface area contributed by atoms with Gasteiger partial charge in [0.2, 0.25) is 0 Å². The lowest BCUT2D eigenvalue weighted by atomic mass is 10.3. The van der Waals surface area contributed by atoms with Gasteiger partial charge in [0.1, 0.15) is 5.82 Å². The standard InChI is InChI=1S/C20H20ClF2N3O3/c21-14-2-5-16(6-3-14)24-20(28)26-9-1-8-25(10-11-26)19(27)13-29-18-7-4-15(22)12-17(18)23/h2-7,12H,1,8-11,13H2,(H,24,28). The van der Waals surface area contributed by atoms with Crippen LogP contribution in [0.5, 0.6) is 5.75 Å². The van der Waals surface area contributed by atoms with E-state index in [4.69, 9.17) is 16.3 Å². The van der Waals surface area contributed by atoms with E-state index in [0.717, 1.165) is 12.1 Å². The molecule has 1 heterocycles. The number of rotatable bonds is 4. The van der Waals surface area contributed by atoms with Crippen LogP contribution in [0.15, 0.2) is 42.5 Å². The summed E-state index contributed by atoms with van der Waals surface area (Å²) in [6, 6.07) is 9.43. The van der Waals surface area contributed by atoms with Crippen LogP contribution in [0.3, 0.4) is 0 Å². The molecule has 1 aliphatic rings. The number of urea groups is 1. The number of ether oxygens (including phenoxy) is 1. The van der Waals surface area contributed by atoms with E-state index in [1.807, 2.05) is 0 Å². The van der Waals surface area contributed by atoms with Gasteiger partial charge in [-0.2, -0.15) is 0 Å². The summed E-state index contributed by atoms with van der Waals surface area (Å²) in [5.41, 5.74) is 0.631. The Morgan fingerprint density at radius 3 is 2.41 bits per heavy atom. The summed E-state index contributed by atoms with van der Waals surface area (Å²) in [7, 11) is 0. The van der Waals surface area contributed by atoms with Crippen LogP contribution >= 0.6 is 11.6 Å². The molecule has 154 valence electrons. The van der Waals surface area contributed by atoms with Gasteiger partial charge in [-0.3, -0.25) is 4.79 Å². The van der Waals surface area contributed by atoms with Crippen molar-refractivity contribution in [2.24, 2.45) is 0 Å². The predicted octanol–water partition coefficient (Wildman–Crippen LogP) is 3.76. The van der Waals surface area contributed by atoms with E-state index in [1.165, 1.54) is 0 Å². The Hall–Kier alpha value is -2.87. The number of anilines is 1. The fourth-order valence-corrected chi connectivity index (χ4v) is 3.05. The molecule has 1 N–H and O–H groups in total. The van der Waals surface area contributed by atoms with Crippen molar-refractivity contribution >= 4 is 29.2 Å². The maximum absolute atomic E-state index is 13.6. The van der Waals surface area contributed by atoms with Crippen molar-refractivity contribution in [3.63, 3.8) is 0 Å². The second kappa shape index (κ2) is 9.56. The van der Waals surface area contributed by atoms with Crippen molar-refractivity contribution in [2.75, 3.05) is 38.1 Å². The summed E-state index contributed by atoms with van der Waals surface area (Å²) in [4.78, 5) is 28.0. The maximum atomic E-state index is 13.6. The SMILES string of the molecule is O=C(COc1ccc(F)cc1F)N1CCCN(C(=O)Nc2ccc(Cl)cc2)CC1. The minimum absolute atomic E-state index is 0.182. The van der Waals surface area contributed by atoms with E-state index in [2.05, 4.69) is 5.32 Å². The zero-order valence-corrected chi connectivity index (χ0v) is 16.3. The smallest absolute Gasteiger partial charge is 0.321 e. The summed E-state index contributed by atoms with van der Waals surface area (Å²) in [5, 5.41) is 3.37. The van der Waals surface area contributed by atoms with Crippen molar-refractivity contribution < 1.29 is 23.1 Å². The molecule has 0 saturated carbocycles. The Morgan fingerprint density at radius 1 is 1.00 bits per heavy atom. The Kier molecular flexibility index (Phi) is 6.87. The molecule has 3 amide bonds. The molecule has 1 fully saturated rings. The lowest BCUT2D eigenvalue weighted by Gasteiger charge is -2.22. The third kappa shape index (κ3) is 5.80. The summed E-state index contributed by atoms with van der Waals surface area (Å²) < 4.78 is 31.7. The first-order chi connectivity index (χ1) is 13.9.